The van der Waals surface area contributed by atoms with Gasteiger partial charge >= 0.3 is 5.97 Å². The van der Waals surface area contributed by atoms with Crippen molar-refractivity contribution in [2.75, 3.05) is 0 Å². The Bertz CT molecular complexity index is 464. The summed E-state index contributed by atoms with van der Waals surface area (Å²) in [5, 5.41) is 11.8. The summed E-state index contributed by atoms with van der Waals surface area (Å²) in [5.41, 5.74) is 0.0591. The lowest BCUT2D eigenvalue weighted by atomic mass is 10.0. The smallest absolute Gasteiger partial charge is 0.339 e. The van der Waals surface area contributed by atoms with Gasteiger partial charge in [-0.2, -0.15) is 0 Å². The second kappa shape index (κ2) is 6.41. The van der Waals surface area contributed by atoms with Crippen molar-refractivity contribution in [1.29, 1.82) is 0 Å². The lowest BCUT2D eigenvalue weighted by Gasteiger charge is -2.18. The monoisotopic (exact) mass is 267 g/mol. The quantitative estimate of drug-likeness (QED) is 0.830. The molecule has 1 aromatic rings. The van der Waals surface area contributed by atoms with Gasteiger partial charge in [0.1, 0.15) is 11.3 Å². The van der Waals surface area contributed by atoms with E-state index in [-0.39, 0.29) is 23.3 Å². The van der Waals surface area contributed by atoms with Crippen LogP contribution in [0.3, 0.4) is 0 Å². The molecule has 0 aliphatic heterocycles. The fraction of sp³-hybridized carbons (Fsp3) is 0.571. The van der Waals surface area contributed by atoms with E-state index < -0.39 is 5.97 Å². The normalized spacial score (nSPS) is 13.9. The predicted molar refractivity (Wildman–Crippen MR) is 71.4 cm³/mol. The number of hydrogen-bond acceptors (Lipinski definition) is 3. The molecule has 0 aromatic carbocycles. The number of aryl methyl sites for hydroxylation is 1. The fourth-order valence-corrected chi connectivity index (χ4v) is 1.76. The molecule has 0 fully saturated rings. The van der Waals surface area contributed by atoms with Crippen LogP contribution in [-0.2, 0) is 6.42 Å². The van der Waals surface area contributed by atoms with Crippen LogP contribution in [0.2, 0.25) is 0 Å². The van der Waals surface area contributed by atoms with Crippen LogP contribution in [0.25, 0.3) is 0 Å². The lowest BCUT2D eigenvalue weighted by Crippen LogP contribution is -2.36. The fourth-order valence-electron chi connectivity index (χ4n) is 1.76. The second-order valence-corrected chi connectivity index (χ2v) is 4.75. The van der Waals surface area contributed by atoms with Crippen molar-refractivity contribution in [3.8, 4) is 0 Å². The molecular weight excluding hydrogens is 246 g/mol. The number of carboxylic acid groups (broad SMARTS) is 1. The van der Waals surface area contributed by atoms with Gasteiger partial charge in [-0.3, -0.25) is 4.79 Å². The van der Waals surface area contributed by atoms with Crippen LogP contribution in [-0.4, -0.2) is 23.0 Å². The van der Waals surface area contributed by atoms with Crippen molar-refractivity contribution < 1.29 is 19.1 Å². The highest BCUT2D eigenvalue weighted by molar-refractivity contribution is 5.96. The van der Waals surface area contributed by atoms with Crippen molar-refractivity contribution in [2.24, 2.45) is 5.92 Å². The van der Waals surface area contributed by atoms with Crippen LogP contribution in [0.4, 0.5) is 0 Å². The van der Waals surface area contributed by atoms with Gasteiger partial charge in [-0.15, -0.1) is 0 Å². The number of hydrogen-bond donors (Lipinski definition) is 2. The van der Waals surface area contributed by atoms with Gasteiger partial charge in [-0.25, -0.2) is 4.79 Å². The summed E-state index contributed by atoms with van der Waals surface area (Å²) < 4.78 is 5.31. The molecular formula is C14H21NO4. The molecule has 0 spiro atoms. The van der Waals surface area contributed by atoms with E-state index in [9.17, 15) is 9.59 Å². The summed E-state index contributed by atoms with van der Waals surface area (Å²) in [4.78, 5) is 23.0. The molecule has 1 amide bonds. The maximum Gasteiger partial charge on any atom is 0.339 e. The molecule has 5 heteroatoms. The maximum atomic E-state index is 12.0. The van der Waals surface area contributed by atoms with Gasteiger partial charge in [0.25, 0.3) is 5.91 Å². The highest BCUT2D eigenvalue weighted by atomic mass is 16.4. The summed E-state index contributed by atoms with van der Waals surface area (Å²) in [6.07, 6.45) is 1.40. The van der Waals surface area contributed by atoms with Crippen LogP contribution in [0.15, 0.2) is 10.5 Å². The van der Waals surface area contributed by atoms with Gasteiger partial charge in [0.2, 0.25) is 0 Å². The Balaban J connectivity index is 2.86. The number of carboxylic acids is 1. The average Bonchev–Trinajstić information content (AvgIpc) is 2.81. The van der Waals surface area contributed by atoms with E-state index in [1.165, 1.54) is 6.07 Å². The minimum absolute atomic E-state index is 0.0148. The summed E-state index contributed by atoms with van der Waals surface area (Å²) in [6.45, 7) is 7.81. The molecule has 106 valence electrons. The van der Waals surface area contributed by atoms with Gasteiger partial charge < -0.3 is 14.8 Å². The second-order valence-electron chi connectivity index (χ2n) is 4.75. The lowest BCUT2D eigenvalue weighted by molar-refractivity contribution is 0.0694. The first-order chi connectivity index (χ1) is 8.90. The van der Waals surface area contributed by atoms with Crippen LogP contribution >= 0.6 is 0 Å². The Hall–Kier alpha value is -1.78. The first-order valence-corrected chi connectivity index (χ1v) is 6.57. The average molecular weight is 267 g/mol. The molecule has 0 aliphatic rings. The predicted octanol–water partition coefficient (Wildman–Crippen LogP) is 2.70. The zero-order valence-corrected chi connectivity index (χ0v) is 11.8. The van der Waals surface area contributed by atoms with E-state index in [4.69, 9.17) is 9.52 Å². The van der Waals surface area contributed by atoms with Crippen LogP contribution in [0.1, 0.15) is 60.8 Å². The maximum absolute atomic E-state index is 12.0. The highest BCUT2D eigenvalue weighted by Gasteiger charge is 2.22. The number of aromatic carboxylic acids is 1. The minimum Gasteiger partial charge on any atom is -0.478 e. The number of nitrogens with one attached hydrogen (secondary N) is 1. The first-order valence-electron chi connectivity index (χ1n) is 6.57. The van der Waals surface area contributed by atoms with Crippen molar-refractivity contribution in [1.82, 2.24) is 5.32 Å². The van der Waals surface area contributed by atoms with Crippen LogP contribution in [0, 0.1) is 5.92 Å². The zero-order chi connectivity index (χ0) is 14.6. The molecule has 1 heterocycles. The van der Waals surface area contributed by atoms with E-state index in [1.807, 2.05) is 13.8 Å². The van der Waals surface area contributed by atoms with E-state index in [2.05, 4.69) is 12.2 Å². The SMILES string of the molecule is CCc1oc(C(=O)NC(C)C(C)CC)cc1C(=O)O. The summed E-state index contributed by atoms with van der Waals surface area (Å²) >= 11 is 0. The first kappa shape index (κ1) is 15.3. The molecule has 0 saturated heterocycles. The topological polar surface area (TPSA) is 79.5 Å². The molecule has 0 bridgehead atoms. The van der Waals surface area contributed by atoms with Crippen molar-refractivity contribution >= 4 is 11.9 Å². The molecule has 19 heavy (non-hydrogen) atoms. The zero-order valence-electron chi connectivity index (χ0n) is 11.8. The summed E-state index contributed by atoms with van der Waals surface area (Å²) in [5.74, 6) is -0.702. The molecule has 0 aliphatic carbocycles. The Morgan fingerprint density at radius 3 is 2.42 bits per heavy atom. The molecule has 2 atom stereocenters. The Labute approximate surface area is 113 Å². The summed E-state index contributed by atoms with van der Waals surface area (Å²) in [6, 6.07) is 1.31. The van der Waals surface area contributed by atoms with Gasteiger partial charge in [-0.1, -0.05) is 27.2 Å². The van der Waals surface area contributed by atoms with Crippen molar-refractivity contribution in [2.45, 2.75) is 46.6 Å². The largest absolute Gasteiger partial charge is 0.478 e. The molecule has 1 aromatic heterocycles. The van der Waals surface area contributed by atoms with E-state index in [0.717, 1.165) is 6.42 Å². The third-order valence-corrected chi connectivity index (χ3v) is 3.44. The van der Waals surface area contributed by atoms with E-state index in [1.54, 1.807) is 6.92 Å². The number of carbonyl (C=O) groups excluding carboxylic acids is 1. The molecule has 0 saturated carbocycles. The highest BCUT2D eigenvalue weighted by Crippen LogP contribution is 2.17. The van der Waals surface area contributed by atoms with Gasteiger partial charge in [-0.05, 0) is 12.8 Å². The van der Waals surface area contributed by atoms with Gasteiger partial charge in [0.05, 0.1) is 0 Å². The number of carbonyl (C=O) groups is 2. The number of rotatable bonds is 6. The number of furan rings is 1. The molecule has 2 unspecified atom stereocenters. The summed E-state index contributed by atoms with van der Waals surface area (Å²) in [7, 11) is 0. The van der Waals surface area contributed by atoms with E-state index in [0.29, 0.717) is 18.1 Å². The Morgan fingerprint density at radius 1 is 1.37 bits per heavy atom. The van der Waals surface area contributed by atoms with Crippen LogP contribution < -0.4 is 5.32 Å². The Kier molecular flexibility index (Phi) is 5.15. The van der Waals surface area contributed by atoms with Gasteiger partial charge in [0.15, 0.2) is 5.76 Å². The van der Waals surface area contributed by atoms with Gasteiger partial charge in [0, 0.05) is 18.5 Å². The molecule has 1 rings (SSSR count). The van der Waals surface area contributed by atoms with E-state index >= 15 is 0 Å². The molecule has 5 nitrogen and oxygen atoms in total. The minimum atomic E-state index is -1.07. The third-order valence-electron chi connectivity index (χ3n) is 3.44. The standard InChI is InChI=1S/C14H21NO4/c1-5-8(3)9(4)15-13(16)12-7-10(14(17)18)11(6-2)19-12/h7-9H,5-6H2,1-4H3,(H,15,16)(H,17,18). The van der Waals surface area contributed by atoms with Crippen molar-refractivity contribution in [3.63, 3.8) is 0 Å². The number of amides is 1. The third kappa shape index (κ3) is 3.59. The Morgan fingerprint density at radius 2 is 2.00 bits per heavy atom. The molecule has 0 radical (unpaired) electrons. The van der Waals surface area contributed by atoms with Crippen LogP contribution in [0.5, 0.6) is 0 Å². The van der Waals surface area contributed by atoms with Crippen molar-refractivity contribution in [3.05, 3.63) is 23.2 Å². The molecule has 2 N–H and O–H groups in total.